The molecule has 1 aliphatic rings. The summed E-state index contributed by atoms with van der Waals surface area (Å²) in [5, 5.41) is 0. The van der Waals surface area contributed by atoms with E-state index in [1.54, 1.807) is 23.0 Å². The van der Waals surface area contributed by atoms with Gasteiger partial charge in [0.25, 0.3) is 0 Å². The van der Waals surface area contributed by atoms with Crippen molar-refractivity contribution in [2.75, 3.05) is 13.6 Å². The molecule has 0 radical (unpaired) electrons. The summed E-state index contributed by atoms with van der Waals surface area (Å²) in [5.74, 6) is -0.259. The Morgan fingerprint density at radius 1 is 1.28 bits per heavy atom. The molecule has 0 bridgehead atoms. The van der Waals surface area contributed by atoms with Gasteiger partial charge in [0.2, 0.25) is 11.8 Å². The first-order valence-electron chi connectivity index (χ1n) is 8.52. The van der Waals surface area contributed by atoms with E-state index in [0.29, 0.717) is 13.1 Å². The first-order valence-corrected chi connectivity index (χ1v) is 8.52. The van der Waals surface area contributed by atoms with Crippen LogP contribution in [0.15, 0.2) is 30.5 Å². The second kappa shape index (κ2) is 6.43. The van der Waals surface area contributed by atoms with E-state index < -0.39 is 0 Å². The van der Waals surface area contributed by atoms with Crippen LogP contribution in [-0.2, 0) is 16.1 Å². The first kappa shape index (κ1) is 17.3. The standard InChI is InChI=1S/C19H24N4O2/c1-19(2,3)23-11-13(9-17(23)24)18(25)22(4)12-14-10-20-15-7-5-6-8-16(15)21-14/h5-8,10,13H,9,11-12H2,1-4H3. The smallest absolute Gasteiger partial charge is 0.228 e. The Morgan fingerprint density at radius 3 is 2.60 bits per heavy atom. The van der Waals surface area contributed by atoms with Crippen LogP contribution in [0.4, 0.5) is 0 Å². The van der Waals surface area contributed by atoms with Gasteiger partial charge in [0.15, 0.2) is 0 Å². The summed E-state index contributed by atoms with van der Waals surface area (Å²) in [4.78, 5) is 37.3. The zero-order valence-corrected chi connectivity index (χ0v) is 15.2. The summed E-state index contributed by atoms with van der Waals surface area (Å²) >= 11 is 0. The lowest BCUT2D eigenvalue weighted by atomic mass is 10.1. The molecule has 0 spiro atoms. The largest absolute Gasteiger partial charge is 0.339 e. The van der Waals surface area contributed by atoms with Crippen molar-refractivity contribution in [1.82, 2.24) is 19.8 Å². The third-order valence-electron chi connectivity index (χ3n) is 4.56. The predicted octanol–water partition coefficient (Wildman–Crippen LogP) is 2.24. The van der Waals surface area contributed by atoms with E-state index in [9.17, 15) is 9.59 Å². The Kier molecular flexibility index (Phi) is 4.45. The molecule has 132 valence electrons. The van der Waals surface area contributed by atoms with Crippen molar-refractivity contribution >= 4 is 22.8 Å². The van der Waals surface area contributed by atoms with Gasteiger partial charge in [-0.25, -0.2) is 4.98 Å². The summed E-state index contributed by atoms with van der Waals surface area (Å²) in [6, 6.07) is 7.65. The normalized spacial score (nSPS) is 18.0. The molecule has 2 aromatic rings. The maximum atomic E-state index is 12.7. The van der Waals surface area contributed by atoms with E-state index in [-0.39, 0.29) is 29.7 Å². The average Bonchev–Trinajstić information content (AvgIpc) is 2.96. The van der Waals surface area contributed by atoms with E-state index in [1.807, 2.05) is 45.0 Å². The Balaban J connectivity index is 1.69. The van der Waals surface area contributed by atoms with Gasteiger partial charge in [0.1, 0.15) is 0 Å². The fourth-order valence-electron chi connectivity index (χ4n) is 3.23. The molecule has 1 aliphatic heterocycles. The SMILES string of the molecule is CN(Cc1cnc2ccccc2n1)C(=O)C1CC(=O)N(C(C)(C)C)C1. The third-order valence-corrected chi connectivity index (χ3v) is 4.56. The summed E-state index contributed by atoms with van der Waals surface area (Å²) in [5.41, 5.74) is 2.14. The van der Waals surface area contributed by atoms with Crippen molar-refractivity contribution in [3.8, 4) is 0 Å². The second-order valence-corrected chi connectivity index (χ2v) is 7.62. The molecule has 2 heterocycles. The molecule has 2 amide bonds. The van der Waals surface area contributed by atoms with Crippen molar-refractivity contribution < 1.29 is 9.59 Å². The van der Waals surface area contributed by atoms with Gasteiger partial charge >= 0.3 is 0 Å². The Labute approximate surface area is 147 Å². The number of hydrogen-bond acceptors (Lipinski definition) is 4. The highest BCUT2D eigenvalue weighted by atomic mass is 16.2. The van der Waals surface area contributed by atoms with Gasteiger partial charge in [-0.3, -0.25) is 14.6 Å². The number of hydrogen-bond donors (Lipinski definition) is 0. The van der Waals surface area contributed by atoms with Crippen LogP contribution in [0.3, 0.4) is 0 Å². The number of para-hydroxylation sites is 2. The molecular formula is C19H24N4O2. The van der Waals surface area contributed by atoms with E-state index in [0.717, 1.165) is 16.7 Å². The van der Waals surface area contributed by atoms with Gasteiger partial charge in [0.05, 0.1) is 35.4 Å². The molecule has 3 rings (SSSR count). The summed E-state index contributed by atoms with van der Waals surface area (Å²) in [6.07, 6.45) is 1.98. The molecule has 1 fully saturated rings. The number of amides is 2. The Bertz CT molecular complexity index is 812. The maximum absolute atomic E-state index is 12.7. The lowest BCUT2D eigenvalue weighted by Crippen LogP contribution is -2.43. The second-order valence-electron chi connectivity index (χ2n) is 7.62. The molecular weight excluding hydrogens is 316 g/mol. The van der Waals surface area contributed by atoms with Crippen LogP contribution < -0.4 is 0 Å². The van der Waals surface area contributed by atoms with Gasteiger partial charge in [-0.05, 0) is 32.9 Å². The van der Waals surface area contributed by atoms with E-state index in [2.05, 4.69) is 9.97 Å². The molecule has 1 atom stereocenters. The van der Waals surface area contributed by atoms with Crippen molar-refractivity contribution in [1.29, 1.82) is 0 Å². The van der Waals surface area contributed by atoms with Crippen molar-refractivity contribution in [3.63, 3.8) is 0 Å². The lowest BCUT2D eigenvalue weighted by Gasteiger charge is -2.32. The minimum absolute atomic E-state index is 0.0185. The molecule has 25 heavy (non-hydrogen) atoms. The van der Waals surface area contributed by atoms with Gasteiger partial charge < -0.3 is 9.80 Å². The average molecular weight is 340 g/mol. The Hall–Kier alpha value is -2.50. The van der Waals surface area contributed by atoms with Gasteiger partial charge in [-0.15, -0.1) is 0 Å². The van der Waals surface area contributed by atoms with E-state index in [1.165, 1.54) is 0 Å². The maximum Gasteiger partial charge on any atom is 0.228 e. The number of carbonyl (C=O) groups is 2. The highest BCUT2D eigenvalue weighted by molar-refractivity contribution is 5.89. The van der Waals surface area contributed by atoms with E-state index in [4.69, 9.17) is 0 Å². The van der Waals surface area contributed by atoms with Gasteiger partial charge in [0, 0.05) is 25.6 Å². The monoisotopic (exact) mass is 340 g/mol. The van der Waals surface area contributed by atoms with Crippen LogP contribution in [0.25, 0.3) is 11.0 Å². The highest BCUT2D eigenvalue weighted by Gasteiger charge is 2.40. The fourth-order valence-corrected chi connectivity index (χ4v) is 3.23. The van der Waals surface area contributed by atoms with E-state index >= 15 is 0 Å². The van der Waals surface area contributed by atoms with Crippen LogP contribution in [-0.4, -0.2) is 50.7 Å². The van der Waals surface area contributed by atoms with Crippen molar-refractivity contribution in [2.45, 2.75) is 39.3 Å². The van der Waals surface area contributed by atoms with Crippen LogP contribution in [0.1, 0.15) is 32.9 Å². The van der Waals surface area contributed by atoms with Gasteiger partial charge in [-0.2, -0.15) is 0 Å². The number of likely N-dealkylation sites (tertiary alicyclic amines) is 1. The van der Waals surface area contributed by atoms with Crippen molar-refractivity contribution in [3.05, 3.63) is 36.2 Å². The number of nitrogens with zero attached hydrogens (tertiary/aromatic N) is 4. The molecule has 1 saturated heterocycles. The molecule has 1 unspecified atom stereocenters. The molecule has 1 aromatic carbocycles. The first-order chi connectivity index (χ1) is 11.8. The Morgan fingerprint density at radius 2 is 1.96 bits per heavy atom. The topological polar surface area (TPSA) is 66.4 Å². The molecule has 0 saturated carbocycles. The number of fused-ring (bicyclic) bond motifs is 1. The number of rotatable bonds is 3. The number of benzene rings is 1. The lowest BCUT2D eigenvalue weighted by molar-refractivity contribution is -0.135. The molecule has 0 aliphatic carbocycles. The van der Waals surface area contributed by atoms with Crippen LogP contribution in [0.2, 0.25) is 0 Å². The number of carbonyl (C=O) groups excluding carboxylic acids is 2. The van der Waals surface area contributed by atoms with Crippen molar-refractivity contribution in [2.24, 2.45) is 5.92 Å². The zero-order valence-electron chi connectivity index (χ0n) is 15.2. The quantitative estimate of drug-likeness (QED) is 0.859. The minimum atomic E-state index is -0.287. The molecule has 1 aromatic heterocycles. The highest BCUT2D eigenvalue weighted by Crippen LogP contribution is 2.27. The third kappa shape index (κ3) is 3.62. The molecule has 6 heteroatoms. The summed E-state index contributed by atoms with van der Waals surface area (Å²) in [6.45, 7) is 6.84. The van der Waals surface area contributed by atoms with Gasteiger partial charge in [-0.1, -0.05) is 12.1 Å². The molecule has 0 N–H and O–H groups in total. The minimum Gasteiger partial charge on any atom is -0.339 e. The number of aromatic nitrogens is 2. The van der Waals surface area contributed by atoms with Crippen LogP contribution >= 0.6 is 0 Å². The fraction of sp³-hybridized carbons (Fsp3) is 0.474. The zero-order chi connectivity index (χ0) is 18.2. The van der Waals surface area contributed by atoms with Crippen LogP contribution in [0, 0.1) is 5.92 Å². The summed E-state index contributed by atoms with van der Waals surface area (Å²) in [7, 11) is 1.75. The predicted molar refractivity (Wildman–Crippen MR) is 95.6 cm³/mol. The molecule has 6 nitrogen and oxygen atoms in total. The summed E-state index contributed by atoms with van der Waals surface area (Å²) < 4.78 is 0. The van der Waals surface area contributed by atoms with Crippen LogP contribution in [0.5, 0.6) is 0 Å².